The average molecular weight is 532 g/mol. The molecule has 0 spiro atoms. The van der Waals surface area contributed by atoms with Crippen LogP contribution in [0, 0.1) is 25.2 Å². The number of carbonyl (C=O) groups is 1. The summed E-state index contributed by atoms with van der Waals surface area (Å²) in [5.74, 6) is 0.621. The van der Waals surface area contributed by atoms with Crippen LogP contribution in [0.4, 0.5) is 23.7 Å². The molecule has 198 valence electrons. The van der Waals surface area contributed by atoms with E-state index in [1.807, 2.05) is 26.0 Å². The highest BCUT2D eigenvalue weighted by atomic mass is 19.4. The van der Waals surface area contributed by atoms with Crippen molar-refractivity contribution in [3.8, 4) is 28.8 Å². The molecule has 4 rings (SSSR count). The van der Waals surface area contributed by atoms with E-state index in [2.05, 4.69) is 5.32 Å². The molecule has 0 aliphatic carbocycles. The predicted molar refractivity (Wildman–Crippen MR) is 136 cm³/mol. The third-order valence-corrected chi connectivity index (χ3v) is 6.01. The molecular weight excluding hydrogens is 511 g/mol. The number of ether oxygens (including phenoxy) is 1. The predicted octanol–water partition coefficient (Wildman–Crippen LogP) is 5.62. The minimum atomic E-state index is -4.91. The van der Waals surface area contributed by atoms with Gasteiger partial charge in [0.15, 0.2) is 0 Å². The first-order valence-corrected chi connectivity index (χ1v) is 11.6. The topological polar surface area (TPSA) is 107 Å². The minimum Gasteiger partial charge on any atom is -0.530 e. The number of pyridine rings is 1. The van der Waals surface area contributed by atoms with Crippen LogP contribution in [-0.2, 0) is 12.7 Å². The Balaban J connectivity index is 1.77. The standard InChI is InChI=1S/C29H22F3N3O4/c1-17-6-7-20(18(2)12-17)16-35-26(14-25(29(30,31)32)24(15-33)27(35)36)19-8-10-22(11-9-19)39-23-5-3-4-21(13-23)34-28(37)38/h3-14,34H,16H2,1-2H3,(H,37,38)/p-1. The van der Waals surface area contributed by atoms with Gasteiger partial charge in [-0.2, -0.15) is 18.4 Å². The Morgan fingerprint density at radius 1 is 1.03 bits per heavy atom. The molecule has 1 amide bonds. The van der Waals surface area contributed by atoms with E-state index in [1.54, 1.807) is 18.2 Å². The van der Waals surface area contributed by atoms with Gasteiger partial charge in [-0.05, 0) is 73.0 Å². The maximum Gasteiger partial charge on any atom is 0.417 e. The van der Waals surface area contributed by atoms with Crippen LogP contribution in [-0.4, -0.2) is 10.7 Å². The number of nitrogens with one attached hydrogen (secondary N) is 1. The molecule has 3 aromatic carbocycles. The van der Waals surface area contributed by atoms with Gasteiger partial charge >= 0.3 is 6.18 Å². The van der Waals surface area contributed by atoms with Gasteiger partial charge < -0.3 is 24.5 Å². The molecule has 0 unspecified atom stereocenters. The van der Waals surface area contributed by atoms with E-state index in [9.17, 15) is 33.1 Å². The van der Waals surface area contributed by atoms with Crippen molar-refractivity contribution in [2.45, 2.75) is 26.6 Å². The van der Waals surface area contributed by atoms with Crippen LogP contribution in [0.3, 0.4) is 0 Å². The molecule has 0 atom stereocenters. The molecule has 0 aliphatic heterocycles. The summed E-state index contributed by atoms with van der Waals surface area (Å²) in [4.78, 5) is 24.0. The SMILES string of the molecule is Cc1ccc(Cn2c(-c3ccc(Oc4cccc(NC(=O)[O-])c4)cc3)cc(C(F)(F)F)c(C#N)c2=O)c(C)c1. The number of nitrogens with zero attached hydrogens (tertiary/aromatic N) is 2. The summed E-state index contributed by atoms with van der Waals surface area (Å²) >= 11 is 0. The summed E-state index contributed by atoms with van der Waals surface area (Å²) in [5, 5.41) is 22.3. The zero-order valence-corrected chi connectivity index (χ0v) is 20.8. The molecule has 1 N–H and O–H groups in total. The van der Waals surface area contributed by atoms with Gasteiger partial charge in [0, 0.05) is 11.8 Å². The summed E-state index contributed by atoms with van der Waals surface area (Å²) < 4.78 is 48.4. The summed E-state index contributed by atoms with van der Waals surface area (Å²) in [7, 11) is 0. The van der Waals surface area contributed by atoms with Gasteiger partial charge in [0.25, 0.3) is 5.56 Å². The van der Waals surface area contributed by atoms with Crippen LogP contribution >= 0.6 is 0 Å². The largest absolute Gasteiger partial charge is 0.530 e. The lowest BCUT2D eigenvalue weighted by atomic mass is 10.0. The second kappa shape index (κ2) is 10.8. The fourth-order valence-corrected chi connectivity index (χ4v) is 4.15. The number of halogens is 3. The van der Waals surface area contributed by atoms with Crippen molar-refractivity contribution in [1.82, 2.24) is 4.57 Å². The number of hydrogen-bond donors (Lipinski definition) is 1. The molecule has 0 saturated carbocycles. The fourth-order valence-electron chi connectivity index (χ4n) is 4.15. The Labute approximate surface area is 221 Å². The van der Waals surface area contributed by atoms with Crippen molar-refractivity contribution < 1.29 is 27.8 Å². The van der Waals surface area contributed by atoms with Gasteiger partial charge in [0.05, 0.1) is 17.8 Å². The van der Waals surface area contributed by atoms with Gasteiger partial charge in [-0.1, -0.05) is 29.8 Å². The Bertz CT molecular complexity index is 1650. The van der Waals surface area contributed by atoms with Crippen molar-refractivity contribution in [3.05, 3.63) is 111 Å². The second-order valence-electron chi connectivity index (χ2n) is 8.82. The molecule has 10 heteroatoms. The Hall–Kier alpha value is -5.04. The first kappa shape index (κ1) is 27.0. The summed E-state index contributed by atoms with van der Waals surface area (Å²) in [6.07, 6.45) is -6.39. The third-order valence-electron chi connectivity index (χ3n) is 6.01. The van der Waals surface area contributed by atoms with Gasteiger partial charge in [0.2, 0.25) is 0 Å². The van der Waals surface area contributed by atoms with Crippen molar-refractivity contribution >= 4 is 11.8 Å². The molecule has 1 heterocycles. The molecule has 7 nitrogen and oxygen atoms in total. The number of nitriles is 1. The van der Waals surface area contributed by atoms with E-state index in [0.29, 0.717) is 17.1 Å². The van der Waals surface area contributed by atoms with Crippen LogP contribution in [0.5, 0.6) is 11.5 Å². The van der Waals surface area contributed by atoms with E-state index in [-0.39, 0.29) is 17.9 Å². The molecule has 0 radical (unpaired) electrons. The summed E-state index contributed by atoms with van der Waals surface area (Å²) in [5.41, 5.74) is -0.241. The van der Waals surface area contributed by atoms with Crippen LogP contribution in [0.1, 0.15) is 27.8 Å². The lowest BCUT2D eigenvalue weighted by Crippen LogP contribution is -2.29. The van der Waals surface area contributed by atoms with E-state index >= 15 is 0 Å². The number of aromatic nitrogens is 1. The zero-order valence-electron chi connectivity index (χ0n) is 20.8. The van der Waals surface area contributed by atoms with Gasteiger partial charge in [-0.3, -0.25) is 4.79 Å². The van der Waals surface area contributed by atoms with Crippen LogP contribution in [0.25, 0.3) is 11.3 Å². The van der Waals surface area contributed by atoms with Gasteiger partial charge in [-0.15, -0.1) is 0 Å². The number of amides is 1. The second-order valence-corrected chi connectivity index (χ2v) is 8.82. The normalized spacial score (nSPS) is 11.1. The first-order chi connectivity index (χ1) is 18.5. The third kappa shape index (κ3) is 6.10. The number of carboxylic acid groups (broad SMARTS) is 1. The van der Waals surface area contributed by atoms with E-state index in [1.165, 1.54) is 42.5 Å². The first-order valence-electron chi connectivity index (χ1n) is 11.6. The van der Waals surface area contributed by atoms with Gasteiger partial charge in [-0.25, -0.2) is 0 Å². The van der Waals surface area contributed by atoms with Crippen molar-refractivity contribution in [2.75, 3.05) is 5.32 Å². The average Bonchev–Trinajstić information content (AvgIpc) is 2.86. The fraction of sp³-hybridized carbons (Fsp3) is 0.138. The number of hydrogen-bond acceptors (Lipinski definition) is 5. The molecule has 1 aromatic heterocycles. The Morgan fingerprint density at radius 3 is 2.36 bits per heavy atom. The van der Waals surface area contributed by atoms with Crippen LogP contribution < -0.4 is 20.7 Å². The number of carbonyl (C=O) groups excluding carboxylic acids is 1. The number of anilines is 1. The number of aryl methyl sites for hydroxylation is 2. The maximum atomic E-state index is 13.8. The molecule has 0 bridgehead atoms. The van der Waals surface area contributed by atoms with Gasteiger partial charge in [0.1, 0.15) is 29.2 Å². The minimum absolute atomic E-state index is 0.0157. The Morgan fingerprint density at radius 2 is 1.74 bits per heavy atom. The highest BCUT2D eigenvalue weighted by Crippen LogP contribution is 2.34. The van der Waals surface area contributed by atoms with Crippen molar-refractivity contribution in [1.29, 1.82) is 5.26 Å². The van der Waals surface area contributed by atoms with E-state index < -0.39 is 29.0 Å². The number of rotatable bonds is 6. The molecule has 4 aromatic rings. The number of benzene rings is 3. The monoisotopic (exact) mass is 532 g/mol. The smallest absolute Gasteiger partial charge is 0.417 e. The van der Waals surface area contributed by atoms with Crippen molar-refractivity contribution in [2.24, 2.45) is 0 Å². The molecule has 0 aliphatic rings. The highest BCUT2D eigenvalue weighted by molar-refractivity contribution is 5.81. The lowest BCUT2D eigenvalue weighted by Gasteiger charge is -2.19. The summed E-state index contributed by atoms with van der Waals surface area (Å²) in [6, 6.07) is 19.9. The molecular formula is C29H21F3N3O4-. The summed E-state index contributed by atoms with van der Waals surface area (Å²) in [6.45, 7) is 3.70. The van der Waals surface area contributed by atoms with Crippen LogP contribution in [0.15, 0.2) is 77.6 Å². The Kier molecular flexibility index (Phi) is 7.44. The highest BCUT2D eigenvalue weighted by Gasteiger charge is 2.36. The molecule has 0 saturated heterocycles. The van der Waals surface area contributed by atoms with E-state index in [4.69, 9.17) is 4.74 Å². The zero-order chi connectivity index (χ0) is 28.3. The lowest BCUT2D eigenvalue weighted by molar-refractivity contribution is -0.242. The number of alkyl halides is 3. The van der Waals surface area contributed by atoms with E-state index in [0.717, 1.165) is 27.3 Å². The van der Waals surface area contributed by atoms with Crippen LogP contribution in [0.2, 0.25) is 0 Å². The molecule has 0 fully saturated rings. The van der Waals surface area contributed by atoms with Crippen molar-refractivity contribution in [3.63, 3.8) is 0 Å². The maximum absolute atomic E-state index is 13.8. The quantitative estimate of drug-likeness (QED) is 0.347. The molecule has 39 heavy (non-hydrogen) atoms.